The van der Waals surface area contributed by atoms with E-state index in [1.165, 1.54) is 6.07 Å². The number of benzene rings is 2. The predicted molar refractivity (Wildman–Crippen MR) is 117 cm³/mol. The molecule has 1 N–H and O–H groups in total. The van der Waals surface area contributed by atoms with Gasteiger partial charge >= 0.3 is 0 Å². The molecule has 0 fully saturated rings. The Kier molecular flexibility index (Phi) is 7.14. The SMILES string of the molecule is C=CCOc1ccc2nc(-c3ccc(/C=C/CCCC(C)O)cc3F)ccc2c1. The quantitative estimate of drug-likeness (QED) is 0.350. The highest BCUT2D eigenvalue weighted by atomic mass is 19.1. The summed E-state index contributed by atoms with van der Waals surface area (Å²) in [5.74, 6) is 0.455. The van der Waals surface area contributed by atoms with E-state index in [1.54, 1.807) is 19.1 Å². The van der Waals surface area contributed by atoms with Crippen molar-refractivity contribution in [2.45, 2.75) is 32.3 Å². The van der Waals surface area contributed by atoms with Crippen molar-refractivity contribution >= 4 is 17.0 Å². The molecule has 0 radical (unpaired) electrons. The van der Waals surface area contributed by atoms with E-state index in [4.69, 9.17) is 4.74 Å². The number of ether oxygens (including phenoxy) is 1. The molecule has 0 aliphatic carbocycles. The molecule has 0 saturated heterocycles. The molecule has 1 atom stereocenters. The van der Waals surface area contributed by atoms with E-state index in [9.17, 15) is 9.50 Å². The van der Waals surface area contributed by atoms with Crippen LogP contribution in [-0.4, -0.2) is 22.8 Å². The Morgan fingerprint density at radius 2 is 2.03 bits per heavy atom. The molecule has 29 heavy (non-hydrogen) atoms. The first kappa shape index (κ1) is 20.7. The number of unbranched alkanes of at least 4 members (excludes halogenated alkanes) is 1. The third kappa shape index (κ3) is 5.75. The molecule has 1 aromatic heterocycles. The van der Waals surface area contributed by atoms with Gasteiger partial charge in [-0.3, -0.25) is 0 Å². The molecule has 2 aromatic carbocycles. The van der Waals surface area contributed by atoms with Crippen LogP contribution in [0, 0.1) is 5.82 Å². The number of aliphatic hydroxyl groups is 1. The van der Waals surface area contributed by atoms with Crippen molar-refractivity contribution in [1.82, 2.24) is 4.98 Å². The number of allylic oxidation sites excluding steroid dienone is 1. The maximum Gasteiger partial charge on any atom is 0.133 e. The minimum absolute atomic E-state index is 0.277. The summed E-state index contributed by atoms with van der Waals surface area (Å²) in [5.41, 5.74) is 2.68. The average molecular weight is 391 g/mol. The standard InChI is InChI=1S/C25H26FNO2/c1-3-15-29-21-11-14-24-20(17-21)10-13-25(27-24)22-12-9-19(16-23(22)26)8-6-4-5-7-18(2)28/h3,6,8-14,16-18,28H,1,4-5,7,15H2,2H3/b8-6+. The first-order valence-electron chi connectivity index (χ1n) is 9.86. The van der Waals surface area contributed by atoms with Gasteiger partial charge in [0.2, 0.25) is 0 Å². The summed E-state index contributed by atoms with van der Waals surface area (Å²) >= 11 is 0. The minimum atomic E-state index is -0.297. The van der Waals surface area contributed by atoms with Gasteiger partial charge in [0.15, 0.2) is 0 Å². The molecule has 0 amide bonds. The zero-order valence-corrected chi connectivity index (χ0v) is 16.6. The normalized spacial score (nSPS) is 12.4. The topological polar surface area (TPSA) is 42.4 Å². The Hall–Kier alpha value is -2.98. The largest absolute Gasteiger partial charge is 0.490 e. The van der Waals surface area contributed by atoms with Gasteiger partial charge in [-0.2, -0.15) is 0 Å². The van der Waals surface area contributed by atoms with Gasteiger partial charge in [0, 0.05) is 10.9 Å². The molecule has 4 heteroatoms. The number of rotatable bonds is 9. The van der Waals surface area contributed by atoms with Crippen molar-refractivity contribution in [1.29, 1.82) is 0 Å². The van der Waals surface area contributed by atoms with Gasteiger partial charge in [-0.25, -0.2) is 9.37 Å². The average Bonchev–Trinajstić information content (AvgIpc) is 2.71. The van der Waals surface area contributed by atoms with Gasteiger partial charge in [-0.15, -0.1) is 0 Å². The minimum Gasteiger partial charge on any atom is -0.490 e. The van der Waals surface area contributed by atoms with E-state index in [1.807, 2.05) is 48.6 Å². The van der Waals surface area contributed by atoms with Crippen LogP contribution in [-0.2, 0) is 0 Å². The third-order valence-electron chi connectivity index (χ3n) is 4.60. The molecule has 0 spiro atoms. The van der Waals surface area contributed by atoms with Crippen molar-refractivity contribution in [3.05, 3.63) is 78.6 Å². The number of nitrogens with zero attached hydrogens (tertiary/aromatic N) is 1. The van der Waals surface area contributed by atoms with Gasteiger partial charge in [0.25, 0.3) is 0 Å². The summed E-state index contributed by atoms with van der Waals surface area (Å²) in [6.07, 6.45) is 7.89. The molecule has 0 bridgehead atoms. The monoisotopic (exact) mass is 391 g/mol. The summed E-state index contributed by atoms with van der Waals surface area (Å²) in [7, 11) is 0. The molecular formula is C25H26FNO2. The second-order valence-corrected chi connectivity index (χ2v) is 7.07. The van der Waals surface area contributed by atoms with Gasteiger partial charge in [-0.1, -0.05) is 36.9 Å². The van der Waals surface area contributed by atoms with Crippen LogP contribution in [0.4, 0.5) is 4.39 Å². The second-order valence-electron chi connectivity index (χ2n) is 7.07. The van der Waals surface area contributed by atoms with Gasteiger partial charge in [0.05, 0.1) is 17.3 Å². The van der Waals surface area contributed by atoms with Crippen LogP contribution in [0.2, 0.25) is 0 Å². The van der Waals surface area contributed by atoms with Crippen molar-refractivity contribution < 1.29 is 14.2 Å². The molecular weight excluding hydrogens is 365 g/mol. The zero-order valence-electron chi connectivity index (χ0n) is 16.6. The maximum absolute atomic E-state index is 14.7. The molecule has 1 unspecified atom stereocenters. The third-order valence-corrected chi connectivity index (χ3v) is 4.60. The van der Waals surface area contributed by atoms with Crippen molar-refractivity contribution in [3.8, 4) is 17.0 Å². The van der Waals surface area contributed by atoms with Crippen molar-refractivity contribution in [2.24, 2.45) is 0 Å². The number of aliphatic hydroxyl groups excluding tert-OH is 1. The smallest absolute Gasteiger partial charge is 0.133 e. The Morgan fingerprint density at radius 1 is 1.17 bits per heavy atom. The second kappa shape index (κ2) is 9.99. The van der Waals surface area contributed by atoms with E-state index in [2.05, 4.69) is 11.6 Å². The van der Waals surface area contributed by atoms with Gasteiger partial charge in [-0.05, 0) is 68.1 Å². The molecule has 150 valence electrons. The van der Waals surface area contributed by atoms with Crippen LogP contribution in [0.5, 0.6) is 5.75 Å². The fourth-order valence-corrected chi connectivity index (χ4v) is 3.09. The Balaban J connectivity index is 1.75. The number of halogens is 1. The number of aromatic nitrogens is 1. The molecule has 0 saturated carbocycles. The van der Waals surface area contributed by atoms with Crippen LogP contribution in [0.15, 0.2) is 67.3 Å². The van der Waals surface area contributed by atoms with E-state index in [-0.39, 0.29) is 11.9 Å². The fraction of sp³-hybridized carbons (Fsp3) is 0.240. The van der Waals surface area contributed by atoms with Gasteiger partial charge in [0.1, 0.15) is 18.2 Å². The molecule has 0 aliphatic heterocycles. The van der Waals surface area contributed by atoms with Crippen LogP contribution in [0.1, 0.15) is 31.7 Å². The Bertz CT molecular complexity index is 1010. The first-order chi connectivity index (χ1) is 14.1. The first-order valence-corrected chi connectivity index (χ1v) is 9.86. The van der Waals surface area contributed by atoms with E-state index in [0.29, 0.717) is 17.9 Å². The highest BCUT2D eigenvalue weighted by Gasteiger charge is 2.08. The number of hydrogen-bond donors (Lipinski definition) is 1. The predicted octanol–water partition coefficient (Wildman–Crippen LogP) is 6.17. The lowest BCUT2D eigenvalue weighted by molar-refractivity contribution is 0.182. The van der Waals surface area contributed by atoms with Crippen LogP contribution in [0.25, 0.3) is 28.2 Å². The van der Waals surface area contributed by atoms with E-state index < -0.39 is 0 Å². The summed E-state index contributed by atoms with van der Waals surface area (Å²) in [6, 6.07) is 14.6. The van der Waals surface area contributed by atoms with Crippen molar-refractivity contribution in [3.63, 3.8) is 0 Å². The molecule has 1 heterocycles. The fourth-order valence-electron chi connectivity index (χ4n) is 3.09. The summed E-state index contributed by atoms with van der Waals surface area (Å²) < 4.78 is 20.2. The highest BCUT2D eigenvalue weighted by Crippen LogP contribution is 2.26. The van der Waals surface area contributed by atoms with E-state index in [0.717, 1.165) is 41.5 Å². The van der Waals surface area contributed by atoms with Gasteiger partial charge < -0.3 is 9.84 Å². The van der Waals surface area contributed by atoms with Crippen LogP contribution >= 0.6 is 0 Å². The lowest BCUT2D eigenvalue weighted by Crippen LogP contribution is -1.97. The highest BCUT2D eigenvalue weighted by molar-refractivity contribution is 5.83. The molecule has 3 rings (SSSR count). The Morgan fingerprint density at radius 3 is 2.79 bits per heavy atom. The number of hydrogen-bond acceptors (Lipinski definition) is 3. The lowest BCUT2D eigenvalue weighted by atomic mass is 10.1. The Labute approximate surface area is 171 Å². The summed E-state index contributed by atoms with van der Waals surface area (Å²) in [4.78, 5) is 4.60. The number of fused-ring (bicyclic) bond motifs is 1. The van der Waals surface area contributed by atoms with Crippen molar-refractivity contribution in [2.75, 3.05) is 6.61 Å². The lowest BCUT2D eigenvalue weighted by Gasteiger charge is -2.08. The molecule has 0 aliphatic rings. The maximum atomic E-state index is 14.7. The van der Waals surface area contributed by atoms with Crippen LogP contribution in [0.3, 0.4) is 0 Å². The molecule has 3 aromatic rings. The van der Waals surface area contributed by atoms with Crippen LogP contribution < -0.4 is 4.74 Å². The van der Waals surface area contributed by atoms with E-state index >= 15 is 0 Å². The summed E-state index contributed by atoms with van der Waals surface area (Å²) in [6.45, 7) is 5.88. The summed E-state index contributed by atoms with van der Waals surface area (Å²) in [5, 5.41) is 10.2. The molecule has 3 nitrogen and oxygen atoms in total. The zero-order chi connectivity index (χ0) is 20.6. The number of pyridine rings is 1.